The van der Waals surface area contributed by atoms with Crippen LogP contribution in [0.2, 0.25) is 19.6 Å². The fourth-order valence-electron chi connectivity index (χ4n) is 4.42. The lowest BCUT2D eigenvalue weighted by Crippen LogP contribution is -2.41. The summed E-state index contributed by atoms with van der Waals surface area (Å²) >= 11 is 0. The maximum atomic E-state index is 12.9. The molecular formula is C20H23NOSi. The number of fused-ring (bicyclic) bond motifs is 4. The molecule has 2 aliphatic heterocycles. The van der Waals surface area contributed by atoms with Crippen LogP contribution in [-0.2, 0) is 6.42 Å². The first-order valence-corrected chi connectivity index (χ1v) is 12.0. The maximum Gasteiger partial charge on any atom is 0.254 e. The van der Waals surface area contributed by atoms with E-state index in [-0.39, 0.29) is 11.9 Å². The molecule has 0 unspecified atom stereocenters. The van der Waals surface area contributed by atoms with E-state index in [1.807, 2.05) is 12.1 Å². The molecule has 0 aromatic heterocycles. The number of benzene rings is 2. The summed E-state index contributed by atoms with van der Waals surface area (Å²) < 4.78 is 0. The van der Waals surface area contributed by atoms with Crippen LogP contribution in [0.4, 0.5) is 0 Å². The maximum absolute atomic E-state index is 12.9. The van der Waals surface area contributed by atoms with E-state index in [0.717, 1.165) is 18.5 Å². The van der Waals surface area contributed by atoms with Crippen LogP contribution >= 0.6 is 0 Å². The number of hydrogen-bond donors (Lipinski definition) is 0. The van der Waals surface area contributed by atoms with Gasteiger partial charge in [0, 0.05) is 17.6 Å². The van der Waals surface area contributed by atoms with Gasteiger partial charge in [-0.25, -0.2) is 0 Å². The quantitative estimate of drug-likeness (QED) is 0.713. The van der Waals surface area contributed by atoms with Gasteiger partial charge in [0.05, 0.1) is 14.1 Å². The largest absolute Gasteiger partial charge is 0.331 e. The van der Waals surface area contributed by atoms with Crippen molar-refractivity contribution in [2.75, 3.05) is 6.54 Å². The van der Waals surface area contributed by atoms with E-state index in [1.165, 1.54) is 16.7 Å². The molecule has 0 bridgehead atoms. The van der Waals surface area contributed by atoms with Gasteiger partial charge in [0.25, 0.3) is 5.91 Å². The van der Waals surface area contributed by atoms with E-state index in [2.05, 4.69) is 60.9 Å². The van der Waals surface area contributed by atoms with Gasteiger partial charge < -0.3 is 4.90 Å². The summed E-state index contributed by atoms with van der Waals surface area (Å²) in [6.07, 6.45) is 0.966. The number of rotatable bonds is 1. The normalized spacial score (nSPS) is 23.1. The fourth-order valence-corrected chi connectivity index (χ4v) is 6.94. The fraction of sp³-hybridized carbons (Fsp3) is 0.350. The minimum absolute atomic E-state index is 0.217. The number of hydrogen-bond acceptors (Lipinski definition) is 1. The summed E-state index contributed by atoms with van der Waals surface area (Å²) in [5.74, 6) is 0.224. The van der Waals surface area contributed by atoms with Crippen molar-refractivity contribution in [3.05, 3.63) is 70.8 Å². The Hall–Kier alpha value is -1.87. The highest BCUT2D eigenvalue weighted by atomic mass is 28.3. The lowest BCUT2D eigenvalue weighted by atomic mass is 9.95. The van der Waals surface area contributed by atoms with Crippen LogP contribution in [-0.4, -0.2) is 25.4 Å². The molecule has 2 aromatic rings. The molecule has 2 aliphatic rings. The van der Waals surface area contributed by atoms with Crippen LogP contribution < -0.4 is 0 Å². The molecular weight excluding hydrogens is 298 g/mol. The van der Waals surface area contributed by atoms with Gasteiger partial charge in [-0.1, -0.05) is 62.1 Å². The van der Waals surface area contributed by atoms with Crippen LogP contribution in [0.25, 0.3) is 0 Å². The van der Waals surface area contributed by atoms with Crippen molar-refractivity contribution in [2.24, 2.45) is 0 Å². The van der Waals surface area contributed by atoms with Crippen LogP contribution in [0.15, 0.2) is 48.5 Å². The monoisotopic (exact) mass is 321 g/mol. The number of amides is 1. The van der Waals surface area contributed by atoms with Crippen molar-refractivity contribution >= 4 is 14.0 Å². The van der Waals surface area contributed by atoms with Gasteiger partial charge in [-0.05, 0) is 29.2 Å². The van der Waals surface area contributed by atoms with Gasteiger partial charge in [0.2, 0.25) is 0 Å². The molecule has 2 aromatic carbocycles. The lowest BCUT2D eigenvalue weighted by Gasteiger charge is -2.38. The van der Waals surface area contributed by atoms with Gasteiger partial charge in [-0.2, -0.15) is 0 Å². The Morgan fingerprint density at radius 2 is 1.61 bits per heavy atom. The Labute approximate surface area is 139 Å². The summed E-state index contributed by atoms with van der Waals surface area (Å²) in [7, 11) is -1.52. The van der Waals surface area contributed by atoms with Crippen LogP contribution in [0, 0.1) is 0 Å². The summed E-state index contributed by atoms with van der Waals surface area (Å²) in [4.78, 5) is 15.1. The van der Waals surface area contributed by atoms with Gasteiger partial charge in [-0.3, -0.25) is 4.79 Å². The second-order valence-electron chi connectivity index (χ2n) is 7.82. The van der Waals surface area contributed by atoms with E-state index in [0.29, 0.717) is 5.54 Å². The molecule has 0 N–H and O–H groups in total. The molecule has 2 nitrogen and oxygen atoms in total. The molecule has 2 atom stereocenters. The highest BCUT2D eigenvalue weighted by Crippen LogP contribution is 2.49. The SMILES string of the molecule is C[Si](C)(C)[C@H]1c2ccccc2CCN2C(=O)c3ccccc3[C@@H]12. The minimum Gasteiger partial charge on any atom is -0.331 e. The Bertz CT molecular complexity index is 777. The smallest absolute Gasteiger partial charge is 0.254 e. The molecule has 0 saturated heterocycles. The lowest BCUT2D eigenvalue weighted by molar-refractivity contribution is 0.0727. The highest BCUT2D eigenvalue weighted by Gasteiger charge is 2.47. The molecule has 0 fully saturated rings. The first-order valence-electron chi connectivity index (χ1n) is 8.46. The zero-order valence-corrected chi connectivity index (χ0v) is 15.0. The molecule has 0 spiro atoms. The van der Waals surface area contributed by atoms with Crippen LogP contribution in [0.3, 0.4) is 0 Å². The molecule has 0 radical (unpaired) electrons. The molecule has 2 heterocycles. The number of nitrogens with zero attached hydrogens (tertiary/aromatic N) is 1. The molecule has 0 saturated carbocycles. The first kappa shape index (κ1) is 14.7. The second-order valence-corrected chi connectivity index (χ2v) is 13.2. The van der Waals surface area contributed by atoms with Gasteiger partial charge in [-0.15, -0.1) is 0 Å². The second kappa shape index (κ2) is 5.07. The Morgan fingerprint density at radius 1 is 0.957 bits per heavy atom. The van der Waals surface area contributed by atoms with Gasteiger partial charge in [0.15, 0.2) is 0 Å². The molecule has 1 amide bonds. The Balaban J connectivity index is 1.96. The third kappa shape index (κ3) is 2.18. The van der Waals surface area contributed by atoms with Gasteiger partial charge in [0.1, 0.15) is 0 Å². The standard InChI is InChI=1S/C20H23NOSi/c1-23(2,3)19-15-9-5-4-8-14(15)12-13-21-18(19)16-10-6-7-11-17(16)20(21)22/h4-11,18-19H,12-13H2,1-3H3/t18-,19-/m0/s1. The molecule has 4 rings (SSSR count). The highest BCUT2D eigenvalue weighted by molar-refractivity contribution is 6.77. The average Bonchev–Trinajstić information content (AvgIpc) is 2.69. The van der Waals surface area contributed by atoms with Gasteiger partial charge >= 0.3 is 0 Å². The van der Waals surface area contributed by atoms with E-state index in [4.69, 9.17) is 0 Å². The summed E-state index contributed by atoms with van der Waals surface area (Å²) in [5.41, 5.74) is 5.51. The number of carbonyl (C=O) groups is 1. The average molecular weight is 321 g/mol. The van der Waals surface area contributed by atoms with E-state index in [9.17, 15) is 4.79 Å². The van der Waals surface area contributed by atoms with E-state index in [1.54, 1.807) is 0 Å². The van der Waals surface area contributed by atoms with Crippen molar-refractivity contribution in [1.82, 2.24) is 4.90 Å². The van der Waals surface area contributed by atoms with Crippen molar-refractivity contribution in [2.45, 2.75) is 37.6 Å². The van der Waals surface area contributed by atoms with Crippen LogP contribution in [0.1, 0.15) is 38.6 Å². The number of carbonyl (C=O) groups excluding carboxylic acids is 1. The Kier molecular flexibility index (Phi) is 3.24. The summed E-state index contributed by atoms with van der Waals surface area (Å²) in [5, 5.41) is 0. The zero-order chi connectivity index (χ0) is 16.2. The third-order valence-corrected chi connectivity index (χ3v) is 7.86. The third-order valence-electron chi connectivity index (χ3n) is 5.37. The van der Waals surface area contributed by atoms with Crippen molar-refractivity contribution in [3.63, 3.8) is 0 Å². The summed E-state index contributed by atoms with van der Waals surface area (Å²) in [6, 6.07) is 17.3. The minimum atomic E-state index is -1.52. The molecule has 23 heavy (non-hydrogen) atoms. The molecule has 118 valence electrons. The van der Waals surface area contributed by atoms with Crippen LogP contribution in [0.5, 0.6) is 0 Å². The van der Waals surface area contributed by atoms with Crippen molar-refractivity contribution in [3.8, 4) is 0 Å². The predicted octanol–water partition coefficient (Wildman–Crippen LogP) is 4.40. The predicted molar refractivity (Wildman–Crippen MR) is 96.5 cm³/mol. The summed E-state index contributed by atoms with van der Waals surface area (Å²) in [6.45, 7) is 8.13. The van der Waals surface area contributed by atoms with E-state index < -0.39 is 8.07 Å². The Morgan fingerprint density at radius 3 is 2.35 bits per heavy atom. The zero-order valence-electron chi connectivity index (χ0n) is 14.0. The van der Waals surface area contributed by atoms with Crippen molar-refractivity contribution < 1.29 is 4.79 Å². The molecule has 0 aliphatic carbocycles. The van der Waals surface area contributed by atoms with Crippen molar-refractivity contribution in [1.29, 1.82) is 0 Å². The van der Waals surface area contributed by atoms with E-state index >= 15 is 0 Å². The topological polar surface area (TPSA) is 20.3 Å². The first-order chi connectivity index (χ1) is 11.0. The molecule has 3 heteroatoms.